The van der Waals surface area contributed by atoms with Gasteiger partial charge in [0.1, 0.15) is 5.82 Å². The lowest BCUT2D eigenvalue weighted by molar-refractivity contribution is -0.133. The summed E-state index contributed by atoms with van der Waals surface area (Å²) < 4.78 is 0. The zero-order chi connectivity index (χ0) is 14.7. The summed E-state index contributed by atoms with van der Waals surface area (Å²) in [4.78, 5) is 20.7. The lowest BCUT2D eigenvalue weighted by atomic mass is 10.2. The van der Waals surface area contributed by atoms with E-state index in [0.717, 1.165) is 51.4 Å². The number of nitrogens with zero attached hydrogens (tertiary/aromatic N) is 4. The summed E-state index contributed by atoms with van der Waals surface area (Å²) in [5.41, 5.74) is 0.619. The van der Waals surface area contributed by atoms with Crippen molar-refractivity contribution in [1.82, 2.24) is 15.2 Å². The molecule has 1 N–H and O–H groups in total. The molecule has 0 aliphatic carbocycles. The monoisotopic (exact) mass is 285 g/mol. The summed E-state index contributed by atoms with van der Waals surface area (Å²) in [6.07, 6.45) is 3.69. The van der Waals surface area contributed by atoms with Gasteiger partial charge in [0.25, 0.3) is 0 Å². The van der Waals surface area contributed by atoms with Crippen LogP contribution >= 0.6 is 0 Å². The first-order chi connectivity index (χ1) is 10.3. The molecular weight excluding hydrogens is 266 g/mol. The number of piperazine rings is 1. The Bertz CT molecular complexity index is 553. The van der Waals surface area contributed by atoms with Crippen molar-refractivity contribution in [2.45, 2.75) is 18.9 Å². The van der Waals surface area contributed by atoms with Crippen molar-refractivity contribution in [2.75, 3.05) is 37.6 Å². The molecule has 0 bridgehead atoms. The maximum Gasteiger partial charge on any atom is 0.239 e. The number of pyridine rings is 1. The standard InChI is InChI=1S/C15H19N5O/c16-11-12-3-5-18-14(10-12)19-6-8-20(9-7-19)15(21)13-2-1-4-17-13/h3,5,10,13,17H,1-2,4,6-9H2/t13-/m0/s1. The molecule has 6 nitrogen and oxygen atoms in total. The van der Waals surface area contributed by atoms with Crippen LogP contribution in [0.3, 0.4) is 0 Å². The van der Waals surface area contributed by atoms with Crippen LogP contribution in [-0.4, -0.2) is 54.6 Å². The van der Waals surface area contributed by atoms with Crippen molar-refractivity contribution in [3.63, 3.8) is 0 Å². The number of nitriles is 1. The third-order valence-electron chi connectivity index (χ3n) is 4.15. The predicted molar refractivity (Wildman–Crippen MR) is 78.8 cm³/mol. The number of carbonyl (C=O) groups excluding carboxylic acids is 1. The van der Waals surface area contributed by atoms with Gasteiger partial charge in [0, 0.05) is 32.4 Å². The van der Waals surface area contributed by atoms with Gasteiger partial charge < -0.3 is 15.1 Å². The molecule has 1 amide bonds. The number of hydrogen-bond acceptors (Lipinski definition) is 5. The molecule has 1 aromatic rings. The molecule has 3 heterocycles. The topological polar surface area (TPSA) is 72.3 Å². The second-order valence-electron chi connectivity index (χ2n) is 5.48. The van der Waals surface area contributed by atoms with E-state index in [1.165, 1.54) is 0 Å². The van der Waals surface area contributed by atoms with Gasteiger partial charge in [-0.1, -0.05) is 0 Å². The Labute approximate surface area is 124 Å². The molecule has 21 heavy (non-hydrogen) atoms. The molecule has 0 saturated carbocycles. The zero-order valence-corrected chi connectivity index (χ0v) is 12.0. The molecule has 2 aliphatic heterocycles. The molecule has 0 aromatic carbocycles. The first-order valence-corrected chi connectivity index (χ1v) is 7.41. The number of rotatable bonds is 2. The van der Waals surface area contributed by atoms with Crippen LogP contribution in [0.15, 0.2) is 18.3 Å². The van der Waals surface area contributed by atoms with Crippen molar-refractivity contribution in [3.8, 4) is 6.07 Å². The van der Waals surface area contributed by atoms with Crippen LogP contribution in [-0.2, 0) is 4.79 Å². The minimum absolute atomic E-state index is 0.0107. The maximum absolute atomic E-state index is 12.3. The van der Waals surface area contributed by atoms with Crippen LogP contribution in [0.5, 0.6) is 0 Å². The summed E-state index contributed by atoms with van der Waals surface area (Å²) in [5, 5.41) is 12.2. The third-order valence-corrected chi connectivity index (χ3v) is 4.15. The quantitative estimate of drug-likeness (QED) is 0.849. The van der Waals surface area contributed by atoms with Crippen LogP contribution in [0.25, 0.3) is 0 Å². The predicted octanol–water partition coefficient (Wildman–Crippen LogP) is 0.354. The number of hydrogen-bond donors (Lipinski definition) is 1. The summed E-state index contributed by atoms with van der Waals surface area (Å²) in [5.74, 6) is 1.05. The van der Waals surface area contributed by atoms with E-state index < -0.39 is 0 Å². The molecule has 0 spiro atoms. The van der Waals surface area contributed by atoms with E-state index in [1.807, 2.05) is 4.90 Å². The van der Waals surface area contributed by atoms with Crippen molar-refractivity contribution in [2.24, 2.45) is 0 Å². The first kappa shape index (κ1) is 13.8. The van der Waals surface area contributed by atoms with E-state index in [9.17, 15) is 4.79 Å². The van der Waals surface area contributed by atoms with E-state index in [4.69, 9.17) is 5.26 Å². The molecule has 6 heteroatoms. The highest BCUT2D eigenvalue weighted by molar-refractivity contribution is 5.82. The molecule has 2 saturated heterocycles. The second-order valence-corrected chi connectivity index (χ2v) is 5.48. The summed E-state index contributed by atoms with van der Waals surface area (Å²) in [6, 6.07) is 5.65. The average molecular weight is 285 g/mol. The Kier molecular flexibility index (Phi) is 4.02. The molecule has 1 atom stereocenters. The van der Waals surface area contributed by atoms with Gasteiger partial charge in [-0.05, 0) is 31.5 Å². The minimum atomic E-state index is 0.0107. The molecule has 110 valence electrons. The number of amides is 1. The first-order valence-electron chi connectivity index (χ1n) is 7.41. The fourth-order valence-corrected chi connectivity index (χ4v) is 2.93. The van der Waals surface area contributed by atoms with Crippen molar-refractivity contribution in [3.05, 3.63) is 23.9 Å². The highest BCUT2D eigenvalue weighted by Gasteiger charge is 2.29. The van der Waals surface area contributed by atoms with E-state index in [2.05, 4.69) is 21.3 Å². The highest BCUT2D eigenvalue weighted by atomic mass is 16.2. The highest BCUT2D eigenvalue weighted by Crippen LogP contribution is 2.16. The van der Waals surface area contributed by atoms with Gasteiger partial charge in [-0.15, -0.1) is 0 Å². The van der Waals surface area contributed by atoms with Gasteiger partial charge in [-0.2, -0.15) is 5.26 Å². The Hall–Kier alpha value is -2.13. The van der Waals surface area contributed by atoms with Gasteiger partial charge in [-0.25, -0.2) is 4.98 Å². The van der Waals surface area contributed by atoms with Crippen molar-refractivity contribution < 1.29 is 4.79 Å². The van der Waals surface area contributed by atoms with Gasteiger partial charge in [0.2, 0.25) is 5.91 Å². The molecular formula is C15H19N5O. The fraction of sp³-hybridized carbons (Fsp3) is 0.533. The number of aromatic nitrogens is 1. The van der Waals surface area contributed by atoms with Gasteiger partial charge >= 0.3 is 0 Å². The Balaban J connectivity index is 1.59. The number of nitrogens with one attached hydrogen (secondary N) is 1. The van der Waals surface area contributed by atoms with Crippen LogP contribution in [0.2, 0.25) is 0 Å². The summed E-state index contributed by atoms with van der Waals surface area (Å²) in [7, 11) is 0. The van der Waals surface area contributed by atoms with Gasteiger partial charge in [0.15, 0.2) is 0 Å². The lowest BCUT2D eigenvalue weighted by Crippen LogP contribution is -2.53. The molecule has 0 radical (unpaired) electrons. The van der Waals surface area contributed by atoms with Gasteiger partial charge in [-0.3, -0.25) is 4.79 Å². The van der Waals surface area contributed by atoms with E-state index in [-0.39, 0.29) is 11.9 Å². The molecule has 2 aliphatic rings. The lowest BCUT2D eigenvalue weighted by Gasteiger charge is -2.36. The molecule has 1 aromatic heterocycles. The van der Waals surface area contributed by atoms with E-state index in [0.29, 0.717) is 5.56 Å². The van der Waals surface area contributed by atoms with E-state index >= 15 is 0 Å². The van der Waals surface area contributed by atoms with Crippen molar-refractivity contribution >= 4 is 11.7 Å². The molecule has 2 fully saturated rings. The van der Waals surface area contributed by atoms with Crippen LogP contribution < -0.4 is 10.2 Å². The Morgan fingerprint density at radius 3 is 2.86 bits per heavy atom. The minimum Gasteiger partial charge on any atom is -0.353 e. The number of anilines is 1. The Morgan fingerprint density at radius 1 is 1.38 bits per heavy atom. The van der Waals surface area contributed by atoms with E-state index in [1.54, 1.807) is 18.3 Å². The van der Waals surface area contributed by atoms with Crippen molar-refractivity contribution in [1.29, 1.82) is 5.26 Å². The second kappa shape index (κ2) is 6.10. The summed E-state index contributed by atoms with van der Waals surface area (Å²) >= 11 is 0. The van der Waals surface area contributed by atoms with Crippen LogP contribution in [0.4, 0.5) is 5.82 Å². The third kappa shape index (κ3) is 2.98. The normalized spacial score (nSPS) is 22.1. The largest absolute Gasteiger partial charge is 0.353 e. The van der Waals surface area contributed by atoms with Crippen LogP contribution in [0.1, 0.15) is 18.4 Å². The Morgan fingerprint density at radius 2 is 2.19 bits per heavy atom. The fourth-order valence-electron chi connectivity index (χ4n) is 2.93. The maximum atomic E-state index is 12.3. The average Bonchev–Trinajstić information content (AvgIpc) is 3.09. The smallest absolute Gasteiger partial charge is 0.239 e. The van der Waals surface area contributed by atoms with Crippen LogP contribution in [0, 0.1) is 11.3 Å². The SMILES string of the molecule is N#Cc1ccnc(N2CCN(C(=O)[C@@H]3CCCN3)CC2)c1. The molecule has 3 rings (SSSR count). The zero-order valence-electron chi connectivity index (χ0n) is 12.0. The van der Waals surface area contributed by atoms with Gasteiger partial charge in [0.05, 0.1) is 17.7 Å². The molecule has 0 unspecified atom stereocenters. The summed E-state index contributed by atoms with van der Waals surface area (Å²) in [6.45, 7) is 3.91. The number of carbonyl (C=O) groups is 1.